The van der Waals surface area contributed by atoms with Crippen molar-refractivity contribution in [2.75, 3.05) is 26.2 Å². The van der Waals surface area contributed by atoms with Crippen molar-refractivity contribution in [1.82, 2.24) is 19.9 Å². The van der Waals surface area contributed by atoms with Crippen LogP contribution >= 0.6 is 0 Å². The quantitative estimate of drug-likeness (QED) is 0.366. The molecule has 152 valence electrons. The minimum Gasteiger partial charge on any atom is -0.477 e. The summed E-state index contributed by atoms with van der Waals surface area (Å²) in [6.45, 7) is 4.03. The molecule has 0 saturated carbocycles. The van der Waals surface area contributed by atoms with E-state index < -0.39 is 0 Å². The van der Waals surface area contributed by atoms with Gasteiger partial charge < -0.3 is 14.6 Å². The smallest absolute Gasteiger partial charge is 0.225 e. The van der Waals surface area contributed by atoms with E-state index in [9.17, 15) is 4.79 Å². The van der Waals surface area contributed by atoms with Gasteiger partial charge in [-0.1, -0.05) is 30.3 Å². The van der Waals surface area contributed by atoms with E-state index in [1.54, 1.807) is 0 Å². The van der Waals surface area contributed by atoms with Crippen molar-refractivity contribution >= 4 is 28.1 Å². The van der Waals surface area contributed by atoms with Crippen molar-refractivity contribution in [2.24, 2.45) is 0 Å². The molecule has 0 aliphatic carbocycles. The molecule has 1 aliphatic rings. The van der Waals surface area contributed by atoms with Crippen LogP contribution in [0.2, 0.25) is 0 Å². The number of hydrogen-bond donors (Lipinski definition) is 1. The second kappa shape index (κ2) is 8.24. The van der Waals surface area contributed by atoms with Gasteiger partial charge >= 0.3 is 0 Å². The number of nitrogens with zero attached hydrogens (tertiary/aromatic N) is 3. The molecule has 1 aliphatic heterocycles. The Labute approximate surface area is 174 Å². The fourth-order valence-electron chi connectivity index (χ4n) is 4.19. The average molecular weight is 400 g/mol. The number of aromatic amines is 1. The van der Waals surface area contributed by atoms with Gasteiger partial charge in [0.1, 0.15) is 0 Å². The third-order valence-corrected chi connectivity index (χ3v) is 5.71. The van der Waals surface area contributed by atoms with Crippen molar-refractivity contribution in [1.29, 1.82) is 0 Å². The number of carbonyl (C=O) groups is 1. The summed E-state index contributed by atoms with van der Waals surface area (Å²) in [6, 6.07) is 15.6. The molecule has 6 heteroatoms. The number of ether oxygens (including phenoxy) is 1. The van der Waals surface area contributed by atoms with E-state index in [2.05, 4.69) is 9.88 Å². The van der Waals surface area contributed by atoms with Crippen LogP contribution in [0, 0.1) is 0 Å². The Morgan fingerprint density at radius 2 is 1.77 bits per heavy atom. The molecule has 30 heavy (non-hydrogen) atoms. The van der Waals surface area contributed by atoms with Crippen LogP contribution in [-0.2, 0) is 0 Å². The first-order chi connectivity index (χ1) is 14.8. The van der Waals surface area contributed by atoms with Crippen LogP contribution in [-0.4, -0.2) is 52.4 Å². The SMILES string of the molecule is O=Cc1c(-c2nc(OCCCN3CCCC3)c3ccccc3n2)[nH]c2ccccc12. The standard InChI is InChI=1S/C24H24N4O2/c29-16-19-17-8-1-3-10-20(17)25-22(19)23-26-21-11-4-2-9-18(21)24(27-23)30-15-7-14-28-12-5-6-13-28/h1-4,8-11,16,25H,5-7,12-15H2. The van der Waals surface area contributed by atoms with Gasteiger partial charge in [0.05, 0.1) is 28.8 Å². The Morgan fingerprint density at radius 3 is 2.60 bits per heavy atom. The van der Waals surface area contributed by atoms with Crippen molar-refractivity contribution in [3.05, 3.63) is 54.1 Å². The van der Waals surface area contributed by atoms with E-state index in [-0.39, 0.29) is 0 Å². The highest BCUT2D eigenvalue weighted by atomic mass is 16.5. The molecule has 2 aromatic carbocycles. The number of rotatable bonds is 7. The molecule has 4 aromatic rings. The van der Waals surface area contributed by atoms with Crippen LogP contribution < -0.4 is 4.74 Å². The summed E-state index contributed by atoms with van der Waals surface area (Å²) in [7, 11) is 0. The van der Waals surface area contributed by atoms with Crippen molar-refractivity contribution in [3.63, 3.8) is 0 Å². The lowest BCUT2D eigenvalue weighted by molar-refractivity contribution is 0.112. The van der Waals surface area contributed by atoms with Crippen LogP contribution in [0.25, 0.3) is 33.3 Å². The van der Waals surface area contributed by atoms with Gasteiger partial charge in [-0.2, -0.15) is 4.98 Å². The molecule has 5 rings (SSSR count). The predicted octanol–water partition coefficient (Wildman–Crippen LogP) is 4.46. The van der Waals surface area contributed by atoms with Crippen LogP contribution in [0.15, 0.2) is 48.5 Å². The fourth-order valence-corrected chi connectivity index (χ4v) is 4.19. The number of benzene rings is 2. The maximum Gasteiger partial charge on any atom is 0.225 e. The lowest BCUT2D eigenvalue weighted by atomic mass is 10.1. The average Bonchev–Trinajstić information content (AvgIpc) is 3.44. The van der Waals surface area contributed by atoms with Crippen LogP contribution in [0.3, 0.4) is 0 Å². The van der Waals surface area contributed by atoms with Crippen molar-refractivity contribution < 1.29 is 9.53 Å². The minimum atomic E-state index is 0.474. The van der Waals surface area contributed by atoms with Crippen LogP contribution in [0.1, 0.15) is 29.6 Å². The molecule has 0 amide bonds. The number of aldehydes is 1. The summed E-state index contributed by atoms with van der Waals surface area (Å²) in [6.07, 6.45) is 4.41. The monoisotopic (exact) mass is 400 g/mol. The Morgan fingerprint density at radius 1 is 1.00 bits per heavy atom. The molecular weight excluding hydrogens is 376 g/mol. The normalized spacial score (nSPS) is 14.5. The summed E-state index contributed by atoms with van der Waals surface area (Å²) < 4.78 is 6.11. The number of fused-ring (bicyclic) bond motifs is 2. The maximum absolute atomic E-state index is 11.8. The molecule has 0 unspecified atom stereocenters. The van der Waals surface area contributed by atoms with E-state index in [0.29, 0.717) is 29.6 Å². The summed E-state index contributed by atoms with van der Waals surface area (Å²) in [4.78, 5) is 27.1. The number of hydrogen-bond acceptors (Lipinski definition) is 5. The number of aromatic nitrogens is 3. The molecule has 0 radical (unpaired) electrons. The van der Waals surface area contributed by atoms with Crippen LogP contribution in [0.4, 0.5) is 0 Å². The highest BCUT2D eigenvalue weighted by molar-refractivity contribution is 6.04. The third-order valence-electron chi connectivity index (χ3n) is 5.71. The number of H-pyrrole nitrogens is 1. The zero-order chi connectivity index (χ0) is 20.3. The summed E-state index contributed by atoms with van der Waals surface area (Å²) in [5.41, 5.74) is 2.88. The van der Waals surface area contributed by atoms with Gasteiger partial charge in [-0.05, 0) is 50.6 Å². The highest BCUT2D eigenvalue weighted by Gasteiger charge is 2.18. The lowest BCUT2D eigenvalue weighted by Gasteiger charge is -2.15. The molecule has 3 heterocycles. The molecule has 0 atom stereocenters. The molecule has 6 nitrogen and oxygen atoms in total. The molecular formula is C24H24N4O2. The topological polar surface area (TPSA) is 71.1 Å². The van der Waals surface area contributed by atoms with E-state index in [4.69, 9.17) is 14.7 Å². The van der Waals surface area contributed by atoms with Gasteiger partial charge in [-0.15, -0.1) is 0 Å². The summed E-state index contributed by atoms with van der Waals surface area (Å²) >= 11 is 0. The number of nitrogens with one attached hydrogen (secondary N) is 1. The first-order valence-electron chi connectivity index (χ1n) is 10.5. The third kappa shape index (κ3) is 3.55. The zero-order valence-corrected chi connectivity index (χ0v) is 16.8. The van der Waals surface area contributed by atoms with Crippen molar-refractivity contribution in [2.45, 2.75) is 19.3 Å². The highest BCUT2D eigenvalue weighted by Crippen LogP contribution is 2.31. The van der Waals surface area contributed by atoms with Gasteiger partial charge in [-0.3, -0.25) is 4.79 Å². The van der Waals surface area contributed by atoms with Gasteiger partial charge in [0.2, 0.25) is 5.88 Å². The predicted molar refractivity (Wildman–Crippen MR) is 118 cm³/mol. The van der Waals surface area contributed by atoms with Gasteiger partial charge in [0.25, 0.3) is 0 Å². The Kier molecular flexibility index (Phi) is 5.15. The molecule has 1 saturated heterocycles. The summed E-state index contributed by atoms with van der Waals surface area (Å²) in [5, 5.41) is 1.75. The van der Waals surface area contributed by atoms with Gasteiger partial charge in [0.15, 0.2) is 12.1 Å². The maximum atomic E-state index is 11.8. The Hall–Kier alpha value is -3.25. The van der Waals surface area contributed by atoms with Crippen LogP contribution in [0.5, 0.6) is 5.88 Å². The largest absolute Gasteiger partial charge is 0.477 e. The van der Waals surface area contributed by atoms with E-state index in [0.717, 1.165) is 41.1 Å². The van der Waals surface area contributed by atoms with Gasteiger partial charge in [-0.25, -0.2) is 4.98 Å². The molecule has 1 N–H and O–H groups in total. The molecule has 0 bridgehead atoms. The fraction of sp³-hybridized carbons (Fsp3) is 0.292. The first kappa shape index (κ1) is 18.8. The second-order valence-corrected chi connectivity index (χ2v) is 7.70. The lowest BCUT2D eigenvalue weighted by Crippen LogP contribution is -2.22. The molecule has 2 aromatic heterocycles. The zero-order valence-electron chi connectivity index (χ0n) is 16.8. The first-order valence-corrected chi connectivity index (χ1v) is 10.5. The number of carbonyl (C=O) groups excluding carboxylic acids is 1. The van der Waals surface area contributed by atoms with E-state index in [1.165, 1.54) is 25.9 Å². The number of likely N-dealkylation sites (tertiary alicyclic amines) is 1. The number of para-hydroxylation sites is 2. The van der Waals surface area contributed by atoms with E-state index >= 15 is 0 Å². The second-order valence-electron chi connectivity index (χ2n) is 7.70. The molecule has 0 spiro atoms. The van der Waals surface area contributed by atoms with E-state index in [1.807, 2.05) is 48.5 Å². The van der Waals surface area contributed by atoms with Gasteiger partial charge in [0, 0.05) is 17.4 Å². The molecule has 1 fully saturated rings. The minimum absolute atomic E-state index is 0.474. The Balaban J connectivity index is 1.48. The summed E-state index contributed by atoms with van der Waals surface area (Å²) in [5.74, 6) is 1.04. The Bertz CT molecular complexity index is 1190. The van der Waals surface area contributed by atoms with Crippen molar-refractivity contribution in [3.8, 4) is 17.4 Å².